The first kappa shape index (κ1) is 13.3. The molecule has 0 saturated carbocycles. The fourth-order valence-corrected chi connectivity index (χ4v) is 1.67. The summed E-state index contributed by atoms with van der Waals surface area (Å²) in [4.78, 5) is 15.6. The van der Waals surface area contributed by atoms with Crippen molar-refractivity contribution in [2.75, 3.05) is 0 Å². The molecule has 2 unspecified atom stereocenters. The minimum Gasteiger partial charge on any atom is -0.467 e. The van der Waals surface area contributed by atoms with Gasteiger partial charge in [-0.25, -0.2) is 0 Å². The Kier molecular flexibility index (Phi) is 3.96. The van der Waals surface area contributed by atoms with Crippen molar-refractivity contribution in [1.82, 2.24) is 15.5 Å². The Morgan fingerprint density at radius 1 is 1.58 bits per heavy atom. The van der Waals surface area contributed by atoms with Crippen LogP contribution >= 0.6 is 0 Å². The highest BCUT2D eigenvalue weighted by atomic mass is 16.5. The molecule has 0 aliphatic carbocycles. The largest absolute Gasteiger partial charge is 0.467 e. The van der Waals surface area contributed by atoms with Crippen molar-refractivity contribution < 1.29 is 18.8 Å². The summed E-state index contributed by atoms with van der Waals surface area (Å²) in [5.74, 6) is 0.345. The molecule has 2 atom stereocenters. The van der Waals surface area contributed by atoms with E-state index in [4.69, 9.17) is 8.94 Å². The Labute approximate surface area is 109 Å². The van der Waals surface area contributed by atoms with E-state index >= 15 is 0 Å². The highest BCUT2D eigenvalue weighted by molar-refractivity contribution is 5.90. The number of aryl methyl sites for hydroxylation is 1. The molecule has 1 amide bonds. The number of nitrogens with zero attached hydrogens (tertiary/aromatic N) is 2. The van der Waals surface area contributed by atoms with Crippen molar-refractivity contribution in [3.05, 3.63) is 35.9 Å². The van der Waals surface area contributed by atoms with E-state index in [9.17, 15) is 9.90 Å². The molecule has 0 radical (unpaired) electrons. The summed E-state index contributed by atoms with van der Waals surface area (Å²) in [6.45, 7) is 3.38. The zero-order valence-electron chi connectivity index (χ0n) is 10.7. The molecular formula is C12H15N3O4. The molecule has 2 aromatic heterocycles. The number of furan rings is 1. The van der Waals surface area contributed by atoms with E-state index in [1.807, 2.05) is 0 Å². The molecule has 0 saturated heterocycles. The van der Waals surface area contributed by atoms with E-state index in [0.717, 1.165) is 0 Å². The molecule has 7 heteroatoms. The molecule has 19 heavy (non-hydrogen) atoms. The smallest absolute Gasteiger partial charge is 0.292 e. The lowest BCUT2D eigenvalue weighted by Gasteiger charge is -2.15. The Morgan fingerprint density at radius 3 is 2.95 bits per heavy atom. The van der Waals surface area contributed by atoms with Crippen LogP contribution in [0, 0.1) is 6.92 Å². The molecule has 0 aliphatic heterocycles. The normalized spacial score (nSPS) is 14.1. The summed E-state index contributed by atoms with van der Waals surface area (Å²) in [5.41, 5.74) is 0. The molecular weight excluding hydrogens is 250 g/mol. The number of hydrogen-bond donors (Lipinski definition) is 2. The van der Waals surface area contributed by atoms with Crippen LogP contribution < -0.4 is 5.32 Å². The van der Waals surface area contributed by atoms with Crippen LogP contribution in [0.15, 0.2) is 27.3 Å². The lowest BCUT2D eigenvalue weighted by molar-refractivity contribution is 0.0890. The number of hydrogen-bond acceptors (Lipinski definition) is 6. The van der Waals surface area contributed by atoms with Crippen LogP contribution in [0.5, 0.6) is 0 Å². The van der Waals surface area contributed by atoms with Crippen molar-refractivity contribution in [1.29, 1.82) is 0 Å². The average molecular weight is 265 g/mol. The second-order valence-electron chi connectivity index (χ2n) is 4.28. The standard InChI is InChI=1S/C12H15N3O4/c1-7(6-9(16)10-4-3-5-18-10)13-12(17)11-14-8(2)19-15-11/h3-5,7,9,16H,6H2,1-2H3,(H,13,17). The lowest BCUT2D eigenvalue weighted by Crippen LogP contribution is -2.34. The molecule has 0 fully saturated rings. The van der Waals surface area contributed by atoms with Gasteiger partial charge in [-0.2, -0.15) is 4.98 Å². The lowest BCUT2D eigenvalue weighted by atomic mass is 10.1. The van der Waals surface area contributed by atoms with Crippen molar-refractivity contribution >= 4 is 5.91 Å². The molecule has 2 heterocycles. The second-order valence-corrected chi connectivity index (χ2v) is 4.28. The van der Waals surface area contributed by atoms with Gasteiger partial charge in [-0.3, -0.25) is 4.79 Å². The molecule has 0 aromatic carbocycles. The number of aromatic nitrogens is 2. The third kappa shape index (κ3) is 3.41. The fourth-order valence-electron chi connectivity index (χ4n) is 1.67. The van der Waals surface area contributed by atoms with Gasteiger partial charge in [-0.15, -0.1) is 0 Å². The van der Waals surface area contributed by atoms with Gasteiger partial charge in [0, 0.05) is 19.4 Å². The van der Waals surface area contributed by atoms with Gasteiger partial charge in [-0.05, 0) is 19.1 Å². The van der Waals surface area contributed by atoms with Gasteiger partial charge in [0.15, 0.2) is 0 Å². The van der Waals surface area contributed by atoms with Gasteiger partial charge in [0.25, 0.3) is 11.7 Å². The number of rotatable bonds is 5. The SMILES string of the molecule is Cc1nc(C(=O)NC(C)CC(O)c2ccco2)no1. The van der Waals surface area contributed by atoms with Crippen LogP contribution in [-0.2, 0) is 0 Å². The summed E-state index contributed by atoms with van der Waals surface area (Å²) in [7, 11) is 0. The molecule has 102 valence electrons. The monoisotopic (exact) mass is 265 g/mol. The number of nitrogens with one attached hydrogen (secondary N) is 1. The van der Waals surface area contributed by atoms with E-state index < -0.39 is 12.0 Å². The maximum atomic E-state index is 11.7. The molecule has 0 aliphatic rings. The van der Waals surface area contributed by atoms with Crippen LogP contribution in [0.3, 0.4) is 0 Å². The van der Waals surface area contributed by atoms with Crippen molar-refractivity contribution in [3.63, 3.8) is 0 Å². The molecule has 2 aromatic rings. The maximum Gasteiger partial charge on any atom is 0.292 e. The van der Waals surface area contributed by atoms with Crippen molar-refractivity contribution in [2.24, 2.45) is 0 Å². The average Bonchev–Trinajstić information content (AvgIpc) is 2.98. The predicted octanol–water partition coefficient (Wildman–Crippen LogP) is 1.21. The number of carbonyl (C=O) groups is 1. The van der Waals surface area contributed by atoms with Crippen molar-refractivity contribution in [2.45, 2.75) is 32.4 Å². The minimum absolute atomic E-state index is 0.0168. The van der Waals surface area contributed by atoms with Crippen LogP contribution in [0.2, 0.25) is 0 Å². The van der Waals surface area contributed by atoms with Crippen LogP contribution in [-0.4, -0.2) is 27.2 Å². The second kappa shape index (κ2) is 5.66. The first-order valence-electron chi connectivity index (χ1n) is 5.89. The number of amides is 1. The number of aliphatic hydroxyl groups is 1. The van der Waals surface area contributed by atoms with Gasteiger partial charge in [0.1, 0.15) is 11.9 Å². The quantitative estimate of drug-likeness (QED) is 0.842. The highest BCUT2D eigenvalue weighted by Crippen LogP contribution is 2.18. The Bertz CT molecular complexity index is 535. The van der Waals surface area contributed by atoms with Gasteiger partial charge in [-0.1, -0.05) is 5.16 Å². The Hall–Kier alpha value is -2.15. The molecule has 0 bridgehead atoms. The third-order valence-corrected chi connectivity index (χ3v) is 2.56. The van der Waals surface area contributed by atoms with E-state index in [1.54, 1.807) is 26.0 Å². The van der Waals surface area contributed by atoms with E-state index in [0.29, 0.717) is 18.1 Å². The molecule has 7 nitrogen and oxygen atoms in total. The first-order chi connectivity index (χ1) is 9.06. The Balaban J connectivity index is 1.87. The predicted molar refractivity (Wildman–Crippen MR) is 64.2 cm³/mol. The Morgan fingerprint density at radius 2 is 2.37 bits per heavy atom. The molecule has 2 N–H and O–H groups in total. The zero-order valence-corrected chi connectivity index (χ0v) is 10.7. The topological polar surface area (TPSA) is 101 Å². The van der Waals surface area contributed by atoms with Gasteiger partial charge in [0.05, 0.1) is 6.26 Å². The van der Waals surface area contributed by atoms with Crippen LogP contribution in [0.25, 0.3) is 0 Å². The van der Waals surface area contributed by atoms with Crippen LogP contribution in [0.4, 0.5) is 0 Å². The number of aliphatic hydroxyl groups excluding tert-OH is 1. The fraction of sp³-hybridized carbons (Fsp3) is 0.417. The van der Waals surface area contributed by atoms with E-state index in [1.165, 1.54) is 6.26 Å². The molecule has 2 rings (SSSR count). The summed E-state index contributed by atoms with van der Waals surface area (Å²) in [6.07, 6.45) is 1.05. The molecule has 0 spiro atoms. The van der Waals surface area contributed by atoms with E-state index in [2.05, 4.69) is 15.5 Å². The highest BCUT2D eigenvalue weighted by Gasteiger charge is 2.19. The first-order valence-corrected chi connectivity index (χ1v) is 5.89. The maximum absolute atomic E-state index is 11.7. The van der Waals surface area contributed by atoms with Crippen LogP contribution in [0.1, 0.15) is 41.7 Å². The minimum atomic E-state index is -0.766. The number of carbonyl (C=O) groups excluding carboxylic acids is 1. The van der Waals surface area contributed by atoms with Gasteiger partial charge >= 0.3 is 0 Å². The van der Waals surface area contributed by atoms with Crippen molar-refractivity contribution in [3.8, 4) is 0 Å². The zero-order chi connectivity index (χ0) is 13.8. The van der Waals surface area contributed by atoms with E-state index in [-0.39, 0.29) is 11.9 Å². The summed E-state index contributed by atoms with van der Waals surface area (Å²) >= 11 is 0. The summed E-state index contributed by atoms with van der Waals surface area (Å²) in [5, 5.41) is 16.1. The van der Waals surface area contributed by atoms with Gasteiger partial charge in [0.2, 0.25) is 5.89 Å². The van der Waals surface area contributed by atoms with Gasteiger partial charge < -0.3 is 19.4 Å². The third-order valence-electron chi connectivity index (χ3n) is 2.56. The summed E-state index contributed by atoms with van der Waals surface area (Å²) in [6, 6.07) is 3.12. The summed E-state index contributed by atoms with van der Waals surface area (Å²) < 4.78 is 9.81.